The van der Waals surface area contributed by atoms with Crippen molar-refractivity contribution in [3.63, 3.8) is 0 Å². The van der Waals surface area contributed by atoms with Crippen molar-refractivity contribution in [3.8, 4) is 0 Å². The van der Waals surface area contributed by atoms with Crippen LogP contribution in [-0.4, -0.2) is 19.0 Å². The molecule has 0 aliphatic heterocycles. The summed E-state index contributed by atoms with van der Waals surface area (Å²) < 4.78 is 0. The Bertz CT molecular complexity index is 246. The second kappa shape index (κ2) is 5.85. The monoisotopic (exact) mass is 240 g/mol. The molecule has 3 heteroatoms. The summed E-state index contributed by atoms with van der Waals surface area (Å²) in [4.78, 5) is 11.7. The number of carbonyl (C=O) groups excluding carboxylic acids is 1. The number of carbonyl (C=O) groups is 1. The predicted molar refractivity (Wildman–Crippen MR) is 71.7 cm³/mol. The standard InChI is InChI=1S/C14H28N2O/c1-13(2,3)7-4-6-12(17)16-11-14(10-15)8-5-9-14/h4-11,15H2,1-3H3,(H,16,17). The highest BCUT2D eigenvalue weighted by Crippen LogP contribution is 2.39. The molecule has 0 heterocycles. The number of nitrogens with one attached hydrogen (secondary N) is 1. The molecule has 0 aromatic heterocycles. The third kappa shape index (κ3) is 5.07. The lowest BCUT2D eigenvalue weighted by Gasteiger charge is -2.41. The van der Waals surface area contributed by atoms with E-state index in [4.69, 9.17) is 5.73 Å². The van der Waals surface area contributed by atoms with Crippen molar-refractivity contribution in [2.75, 3.05) is 13.1 Å². The van der Waals surface area contributed by atoms with Gasteiger partial charge in [-0.25, -0.2) is 0 Å². The van der Waals surface area contributed by atoms with Gasteiger partial charge >= 0.3 is 0 Å². The average molecular weight is 240 g/mol. The normalized spacial score (nSPS) is 18.6. The van der Waals surface area contributed by atoms with Crippen LogP contribution in [0.4, 0.5) is 0 Å². The van der Waals surface area contributed by atoms with Gasteiger partial charge in [0.05, 0.1) is 0 Å². The van der Waals surface area contributed by atoms with E-state index in [1.807, 2.05) is 0 Å². The number of nitrogens with two attached hydrogens (primary N) is 1. The zero-order chi connectivity index (χ0) is 12.9. The molecule has 0 saturated heterocycles. The van der Waals surface area contributed by atoms with E-state index >= 15 is 0 Å². The fourth-order valence-electron chi connectivity index (χ4n) is 2.28. The van der Waals surface area contributed by atoms with E-state index in [-0.39, 0.29) is 11.3 Å². The molecule has 0 spiro atoms. The Hall–Kier alpha value is -0.570. The van der Waals surface area contributed by atoms with Crippen molar-refractivity contribution in [2.24, 2.45) is 16.6 Å². The van der Waals surface area contributed by atoms with Crippen LogP contribution in [0, 0.1) is 10.8 Å². The van der Waals surface area contributed by atoms with E-state index in [1.54, 1.807) is 0 Å². The number of hydrogen-bond donors (Lipinski definition) is 2. The largest absolute Gasteiger partial charge is 0.355 e. The lowest BCUT2D eigenvalue weighted by Crippen LogP contribution is -2.46. The van der Waals surface area contributed by atoms with Gasteiger partial charge in [0.25, 0.3) is 0 Å². The Kier molecular flexibility index (Phi) is 4.99. The van der Waals surface area contributed by atoms with Crippen molar-refractivity contribution < 1.29 is 4.79 Å². The molecular formula is C14H28N2O. The van der Waals surface area contributed by atoms with Crippen LogP contribution >= 0.6 is 0 Å². The van der Waals surface area contributed by atoms with Crippen molar-refractivity contribution in [1.82, 2.24) is 5.32 Å². The van der Waals surface area contributed by atoms with Crippen LogP contribution < -0.4 is 11.1 Å². The number of hydrogen-bond acceptors (Lipinski definition) is 2. The lowest BCUT2D eigenvalue weighted by atomic mass is 9.69. The highest BCUT2D eigenvalue weighted by atomic mass is 16.1. The third-order valence-corrected chi connectivity index (χ3v) is 3.84. The van der Waals surface area contributed by atoms with Crippen molar-refractivity contribution in [1.29, 1.82) is 0 Å². The van der Waals surface area contributed by atoms with Gasteiger partial charge in [-0.2, -0.15) is 0 Å². The summed E-state index contributed by atoms with van der Waals surface area (Å²) in [6.45, 7) is 8.11. The predicted octanol–water partition coefficient (Wildman–Crippen LogP) is 2.45. The minimum Gasteiger partial charge on any atom is -0.355 e. The Morgan fingerprint density at radius 3 is 2.41 bits per heavy atom. The highest BCUT2D eigenvalue weighted by molar-refractivity contribution is 5.75. The van der Waals surface area contributed by atoms with Crippen molar-refractivity contribution >= 4 is 5.91 Å². The molecule has 1 rings (SSSR count). The van der Waals surface area contributed by atoms with Crippen LogP contribution in [-0.2, 0) is 4.79 Å². The molecule has 0 unspecified atom stereocenters. The molecule has 17 heavy (non-hydrogen) atoms. The fraction of sp³-hybridized carbons (Fsp3) is 0.929. The molecule has 1 aliphatic rings. The smallest absolute Gasteiger partial charge is 0.220 e. The fourth-order valence-corrected chi connectivity index (χ4v) is 2.28. The van der Waals surface area contributed by atoms with Crippen LogP contribution in [0.3, 0.4) is 0 Å². The molecule has 1 fully saturated rings. The van der Waals surface area contributed by atoms with Gasteiger partial charge in [-0.1, -0.05) is 27.2 Å². The van der Waals surface area contributed by atoms with Crippen LogP contribution in [0.5, 0.6) is 0 Å². The van der Waals surface area contributed by atoms with E-state index in [9.17, 15) is 4.79 Å². The summed E-state index contributed by atoms with van der Waals surface area (Å²) >= 11 is 0. The van der Waals surface area contributed by atoms with Gasteiger partial charge in [-0.15, -0.1) is 0 Å². The molecule has 0 bridgehead atoms. The van der Waals surface area contributed by atoms with Gasteiger partial charge in [0.2, 0.25) is 5.91 Å². The van der Waals surface area contributed by atoms with E-state index in [2.05, 4.69) is 26.1 Å². The van der Waals surface area contributed by atoms with Gasteiger partial charge < -0.3 is 11.1 Å². The SMILES string of the molecule is CC(C)(C)CCCC(=O)NCC1(CN)CCC1. The molecular weight excluding hydrogens is 212 g/mol. The molecule has 0 aromatic rings. The minimum atomic E-state index is 0.189. The van der Waals surface area contributed by atoms with Gasteiger partial charge in [0, 0.05) is 13.0 Å². The maximum absolute atomic E-state index is 11.7. The van der Waals surface area contributed by atoms with Crippen LogP contribution in [0.1, 0.15) is 59.3 Å². The quantitative estimate of drug-likeness (QED) is 0.749. The van der Waals surface area contributed by atoms with Gasteiger partial charge in [0.1, 0.15) is 0 Å². The van der Waals surface area contributed by atoms with Crippen LogP contribution in [0.2, 0.25) is 0 Å². The first-order valence-electron chi connectivity index (χ1n) is 6.84. The Morgan fingerprint density at radius 1 is 1.35 bits per heavy atom. The van der Waals surface area contributed by atoms with E-state index < -0.39 is 0 Å². The van der Waals surface area contributed by atoms with Crippen molar-refractivity contribution in [2.45, 2.75) is 59.3 Å². The second-order valence-corrected chi connectivity index (χ2v) is 6.75. The Morgan fingerprint density at radius 2 is 2.00 bits per heavy atom. The van der Waals surface area contributed by atoms with Gasteiger partial charge in [0.15, 0.2) is 0 Å². The summed E-state index contributed by atoms with van der Waals surface area (Å²) in [6.07, 6.45) is 6.33. The second-order valence-electron chi connectivity index (χ2n) is 6.75. The van der Waals surface area contributed by atoms with E-state index in [1.165, 1.54) is 19.3 Å². The number of amides is 1. The summed E-state index contributed by atoms with van der Waals surface area (Å²) in [5.41, 5.74) is 6.31. The molecule has 3 nitrogen and oxygen atoms in total. The first-order chi connectivity index (χ1) is 7.87. The average Bonchev–Trinajstić information content (AvgIpc) is 2.14. The zero-order valence-corrected chi connectivity index (χ0v) is 11.6. The molecule has 1 amide bonds. The summed E-state index contributed by atoms with van der Waals surface area (Å²) in [7, 11) is 0. The van der Waals surface area contributed by atoms with E-state index in [0.717, 1.165) is 19.4 Å². The lowest BCUT2D eigenvalue weighted by molar-refractivity contribution is -0.122. The molecule has 100 valence electrons. The molecule has 0 radical (unpaired) electrons. The number of rotatable bonds is 6. The topological polar surface area (TPSA) is 55.1 Å². The van der Waals surface area contributed by atoms with Gasteiger partial charge in [-0.05, 0) is 43.1 Å². The molecule has 1 aliphatic carbocycles. The summed E-state index contributed by atoms with van der Waals surface area (Å²) in [5, 5.41) is 3.04. The zero-order valence-electron chi connectivity index (χ0n) is 11.6. The first-order valence-corrected chi connectivity index (χ1v) is 6.84. The van der Waals surface area contributed by atoms with Gasteiger partial charge in [-0.3, -0.25) is 4.79 Å². The molecule has 1 saturated carbocycles. The van der Waals surface area contributed by atoms with E-state index in [0.29, 0.717) is 18.4 Å². The molecule has 3 N–H and O–H groups in total. The summed E-state index contributed by atoms with van der Waals surface area (Å²) in [5.74, 6) is 0.189. The van der Waals surface area contributed by atoms with Crippen molar-refractivity contribution in [3.05, 3.63) is 0 Å². The maximum atomic E-state index is 11.7. The van der Waals surface area contributed by atoms with Crippen LogP contribution in [0.25, 0.3) is 0 Å². The summed E-state index contributed by atoms with van der Waals surface area (Å²) in [6, 6.07) is 0. The van der Waals surface area contributed by atoms with Crippen LogP contribution in [0.15, 0.2) is 0 Å². The molecule has 0 aromatic carbocycles. The Balaban J connectivity index is 2.13. The first kappa shape index (κ1) is 14.5. The Labute approximate surface area is 106 Å². The third-order valence-electron chi connectivity index (χ3n) is 3.84. The maximum Gasteiger partial charge on any atom is 0.220 e. The highest BCUT2D eigenvalue weighted by Gasteiger charge is 2.35. The molecule has 0 atom stereocenters. The minimum absolute atomic E-state index is 0.189.